The van der Waals surface area contributed by atoms with Gasteiger partial charge in [-0.05, 0) is 12.5 Å². The van der Waals surface area contributed by atoms with Crippen LogP contribution in [0.15, 0.2) is 47.1 Å². The molecule has 0 aromatic heterocycles. The summed E-state index contributed by atoms with van der Waals surface area (Å²) in [6.07, 6.45) is -2.60. The van der Waals surface area contributed by atoms with Crippen LogP contribution >= 0.6 is 0 Å². The van der Waals surface area contributed by atoms with Crippen LogP contribution < -0.4 is 10.6 Å². The SMILES string of the molecule is CCOC(=O)C1=C(c2ccccc2)[C@@H]2O[C@@H]1C(COC(=O)NC)=C2COC(=O)NC. The lowest BCUT2D eigenvalue weighted by atomic mass is 9.83. The van der Waals surface area contributed by atoms with Crippen LogP contribution in [0.25, 0.3) is 5.57 Å². The zero-order valence-electron chi connectivity index (χ0n) is 17.0. The number of hydrogen-bond acceptors (Lipinski definition) is 7. The second kappa shape index (κ2) is 9.45. The summed E-state index contributed by atoms with van der Waals surface area (Å²) in [5.74, 6) is -0.493. The van der Waals surface area contributed by atoms with Crippen molar-refractivity contribution in [3.8, 4) is 0 Å². The standard InChI is InChI=1S/C21H24N2O7/c1-4-27-19(24)16-15(12-8-6-5-7-9-12)17-13(10-28-20(25)22-2)14(18(16)30-17)11-29-21(26)23-3/h5-9,17-18H,4,10-11H2,1-3H3,(H,22,25)(H,23,26)/t17-,18-/m1/s1. The van der Waals surface area contributed by atoms with E-state index in [1.54, 1.807) is 6.92 Å². The van der Waals surface area contributed by atoms with Gasteiger partial charge in [0.2, 0.25) is 0 Å². The summed E-state index contributed by atoms with van der Waals surface area (Å²) in [4.78, 5) is 36.0. The lowest BCUT2D eigenvalue weighted by Gasteiger charge is -2.22. The fourth-order valence-electron chi connectivity index (χ4n) is 3.52. The van der Waals surface area contributed by atoms with Crippen LogP contribution in [0.3, 0.4) is 0 Å². The molecule has 3 rings (SSSR count). The van der Waals surface area contributed by atoms with Crippen molar-refractivity contribution < 1.29 is 33.3 Å². The maximum Gasteiger partial charge on any atom is 0.407 e. The third-order valence-electron chi connectivity index (χ3n) is 4.84. The van der Waals surface area contributed by atoms with Crippen LogP contribution in [0.5, 0.6) is 0 Å². The van der Waals surface area contributed by atoms with Gasteiger partial charge in [0.15, 0.2) is 0 Å². The highest BCUT2D eigenvalue weighted by Gasteiger charge is 2.50. The molecule has 1 aromatic carbocycles. The van der Waals surface area contributed by atoms with Gasteiger partial charge in [0, 0.05) is 30.8 Å². The van der Waals surface area contributed by atoms with E-state index in [-0.39, 0.29) is 19.8 Å². The first-order valence-electron chi connectivity index (χ1n) is 9.54. The van der Waals surface area contributed by atoms with Gasteiger partial charge >= 0.3 is 18.2 Å². The molecular weight excluding hydrogens is 392 g/mol. The molecule has 0 aliphatic carbocycles. The first-order chi connectivity index (χ1) is 14.5. The van der Waals surface area contributed by atoms with E-state index in [1.165, 1.54) is 14.1 Å². The fourth-order valence-corrected chi connectivity index (χ4v) is 3.52. The Labute approximate surface area is 174 Å². The van der Waals surface area contributed by atoms with E-state index >= 15 is 0 Å². The molecule has 160 valence electrons. The summed E-state index contributed by atoms with van der Waals surface area (Å²) in [5.41, 5.74) is 3.04. The Kier molecular flexibility index (Phi) is 6.73. The molecular formula is C21H24N2O7. The third-order valence-corrected chi connectivity index (χ3v) is 4.84. The predicted octanol–water partition coefficient (Wildman–Crippen LogP) is 1.79. The summed E-state index contributed by atoms with van der Waals surface area (Å²) >= 11 is 0. The number of alkyl carbamates (subject to hydrolysis) is 2. The third kappa shape index (κ3) is 4.16. The minimum Gasteiger partial charge on any atom is -0.463 e. The molecule has 9 nitrogen and oxygen atoms in total. The number of hydrogen-bond donors (Lipinski definition) is 2. The number of nitrogens with one attached hydrogen (secondary N) is 2. The lowest BCUT2D eigenvalue weighted by Crippen LogP contribution is -2.28. The van der Waals surface area contributed by atoms with Crippen LogP contribution in [0, 0.1) is 0 Å². The second-order valence-electron chi connectivity index (χ2n) is 6.51. The highest BCUT2D eigenvalue weighted by Crippen LogP contribution is 2.48. The number of ether oxygens (including phenoxy) is 4. The molecule has 2 aliphatic heterocycles. The minimum absolute atomic E-state index is 0.0697. The molecule has 2 amide bonds. The molecule has 2 N–H and O–H groups in total. The quantitative estimate of drug-likeness (QED) is 0.396. The van der Waals surface area contributed by atoms with Crippen molar-refractivity contribution in [2.75, 3.05) is 33.9 Å². The van der Waals surface area contributed by atoms with E-state index in [0.29, 0.717) is 22.3 Å². The predicted molar refractivity (Wildman–Crippen MR) is 106 cm³/mol. The Bertz CT molecular complexity index is 892. The number of amides is 2. The smallest absolute Gasteiger partial charge is 0.407 e. The van der Waals surface area contributed by atoms with E-state index in [2.05, 4.69) is 10.6 Å². The minimum atomic E-state index is -0.753. The van der Waals surface area contributed by atoms with Crippen LogP contribution in [-0.4, -0.2) is 64.3 Å². The Morgan fingerprint density at radius 2 is 1.47 bits per heavy atom. The summed E-state index contributed by atoms with van der Waals surface area (Å²) in [6, 6.07) is 9.33. The topological polar surface area (TPSA) is 112 Å². The number of fused-ring (bicyclic) bond motifs is 2. The first kappa shape index (κ1) is 21.4. The van der Waals surface area contributed by atoms with Gasteiger partial charge in [-0.3, -0.25) is 0 Å². The number of rotatable bonds is 7. The molecule has 0 saturated heterocycles. The van der Waals surface area contributed by atoms with Gasteiger partial charge in [-0.15, -0.1) is 0 Å². The monoisotopic (exact) mass is 416 g/mol. The molecule has 0 unspecified atom stereocenters. The number of benzene rings is 1. The molecule has 2 heterocycles. The van der Waals surface area contributed by atoms with Crippen molar-refractivity contribution >= 4 is 23.7 Å². The van der Waals surface area contributed by atoms with Crippen molar-refractivity contribution in [1.29, 1.82) is 0 Å². The van der Waals surface area contributed by atoms with E-state index in [0.717, 1.165) is 5.56 Å². The maximum atomic E-state index is 12.8. The first-order valence-corrected chi connectivity index (χ1v) is 9.54. The van der Waals surface area contributed by atoms with Crippen molar-refractivity contribution in [3.63, 3.8) is 0 Å². The summed E-state index contributed by atoms with van der Waals surface area (Å²) in [5, 5.41) is 4.76. The van der Waals surface area contributed by atoms with Crippen molar-refractivity contribution in [2.45, 2.75) is 19.1 Å². The van der Waals surface area contributed by atoms with Crippen LogP contribution in [0.2, 0.25) is 0 Å². The van der Waals surface area contributed by atoms with Gasteiger partial charge < -0.3 is 29.6 Å². The zero-order valence-corrected chi connectivity index (χ0v) is 17.0. The van der Waals surface area contributed by atoms with Gasteiger partial charge in [-0.2, -0.15) is 0 Å². The fraction of sp³-hybridized carbons (Fsp3) is 0.381. The van der Waals surface area contributed by atoms with Crippen molar-refractivity contribution in [3.05, 3.63) is 52.6 Å². The van der Waals surface area contributed by atoms with E-state index in [1.807, 2.05) is 30.3 Å². The highest BCUT2D eigenvalue weighted by molar-refractivity contribution is 6.03. The summed E-state index contributed by atoms with van der Waals surface area (Å²) in [6.45, 7) is 1.75. The van der Waals surface area contributed by atoms with Crippen LogP contribution in [0.1, 0.15) is 12.5 Å². The molecule has 2 aliphatic rings. The largest absolute Gasteiger partial charge is 0.463 e. The average Bonchev–Trinajstić information content (AvgIpc) is 3.32. The molecule has 1 aromatic rings. The van der Waals surface area contributed by atoms with E-state index in [9.17, 15) is 14.4 Å². The summed E-state index contributed by atoms with van der Waals surface area (Å²) < 4.78 is 21.8. The molecule has 9 heteroatoms. The van der Waals surface area contributed by atoms with Gasteiger partial charge in [0.25, 0.3) is 0 Å². The van der Waals surface area contributed by atoms with Gasteiger partial charge in [-0.25, -0.2) is 14.4 Å². The van der Waals surface area contributed by atoms with Gasteiger partial charge in [0.05, 0.1) is 12.2 Å². The Morgan fingerprint density at radius 1 is 0.900 bits per heavy atom. The average molecular weight is 416 g/mol. The van der Waals surface area contributed by atoms with E-state index < -0.39 is 30.4 Å². The molecule has 0 spiro atoms. The van der Waals surface area contributed by atoms with Crippen LogP contribution in [-0.2, 0) is 23.7 Å². The maximum absolute atomic E-state index is 12.8. The Hall–Kier alpha value is -3.33. The van der Waals surface area contributed by atoms with E-state index in [4.69, 9.17) is 18.9 Å². The summed E-state index contributed by atoms with van der Waals surface area (Å²) in [7, 11) is 2.90. The van der Waals surface area contributed by atoms with Gasteiger partial charge in [0.1, 0.15) is 25.4 Å². The Morgan fingerprint density at radius 3 is 2.00 bits per heavy atom. The normalized spacial score (nSPS) is 19.6. The molecule has 0 radical (unpaired) electrons. The molecule has 0 saturated carbocycles. The number of carbonyl (C=O) groups is 3. The second-order valence-corrected chi connectivity index (χ2v) is 6.51. The lowest BCUT2D eigenvalue weighted by molar-refractivity contribution is -0.139. The zero-order chi connectivity index (χ0) is 21.7. The van der Waals surface area contributed by atoms with Crippen LogP contribution in [0.4, 0.5) is 9.59 Å². The van der Waals surface area contributed by atoms with Crippen molar-refractivity contribution in [2.24, 2.45) is 0 Å². The molecule has 2 bridgehead atoms. The van der Waals surface area contributed by atoms with Crippen molar-refractivity contribution in [1.82, 2.24) is 10.6 Å². The van der Waals surface area contributed by atoms with Gasteiger partial charge in [-0.1, -0.05) is 30.3 Å². The molecule has 2 atom stereocenters. The Balaban J connectivity index is 2.01. The number of esters is 1. The highest BCUT2D eigenvalue weighted by atomic mass is 16.6. The molecule has 0 fully saturated rings. The molecule has 30 heavy (non-hydrogen) atoms. The number of carbonyl (C=O) groups excluding carboxylic acids is 3.